The predicted molar refractivity (Wildman–Crippen MR) is 96.9 cm³/mol. The van der Waals surface area contributed by atoms with Gasteiger partial charge in [-0.1, -0.05) is 42.1 Å². The number of fused-ring (bicyclic) bond motifs is 1. The molecule has 0 N–H and O–H groups in total. The lowest BCUT2D eigenvalue weighted by molar-refractivity contribution is -0.205. The fraction of sp³-hybridized carbons (Fsp3) is 0.300. The largest absolute Gasteiger partial charge is 0.417 e. The zero-order chi connectivity index (χ0) is 18.3. The van der Waals surface area contributed by atoms with E-state index in [4.69, 9.17) is 9.47 Å². The molecule has 0 spiro atoms. The second-order valence-corrected chi connectivity index (χ2v) is 7.80. The molecule has 5 nitrogen and oxygen atoms in total. The summed E-state index contributed by atoms with van der Waals surface area (Å²) >= 11 is 1.66. The monoisotopic (exact) mass is 369 g/mol. The molecule has 2 aliphatic heterocycles. The van der Waals surface area contributed by atoms with Gasteiger partial charge in [0.05, 0.1) is 0 Å². The first-order chi connectivity index (χ1) is 12.5. The Morgan fingerprint density at radius 1 is 1.04 bits per heavy atom. The molecule has 0 bridgehead atoms. The van der Waals surface area contributed by atoms with Crippen LogP contribution in [0, 0.1) is 0 Å². The Bertz CT molecular complexity index is 839. The van der Waals surface area contributed by atoms with Crippen molar-refractivity contribution in [2.24, 2.45) is 0 Å². The van der Waals surface area contributed by atoms with Crippen LogP contribution in [0.1, 0.15) is 18.9 Å². The lowest BCUT2D eigenvalue weighted by Crippen LogP contribution is -2.51. The standard InChI is InChI=1S/C20H19NO4S/c1-20(17(22)12-16-18(25-20)24-19(23)21(16)2)13-8-10-15(11-9-13)26-14-6-4-3-5-7-14/h3-11,16,18H,12H2,1-2H3/t16-,18+,20+/m1/s1. The van der Waals surface area contributed by atoms with Crippen LogP contribution in [0.5, 0.6) is 0 Å². The van der Waals surface area contributed by atoms with Crippen LogP contribution in [-0.2, 0) is 19.9 Å². The third kappa shape index (κ3) is 2.89. The van der Waals surface area contributed by atoms with Gasteiger partial charge in [0.1, 0.15) is 6.04 Å². The van der Waals surface area contributed by atoms with Crippen LogP contribution < -0.4 is 0 Å². The Morgan fingerprint density at radius 2 is 1.69 bits per heavy atom. The van der Waals surface area contributed by atoms with E-state index in [1.54, 1.807) is 25.7 Å². The van der Waals surface area contributed by atoms with Crippen LogP contribution in [0.2, 0.25) is 0 Å². The van der Waals surface area contributed by atoms with Crippen LogP contribution in [0.4, 0.5) is 4.79 Å². The Labute approximate surface area is 156 Å². The summed E-state index contributed by atoms with van der Waals surface area (Å²) in [6.07, 6.45) is -0.940. The summed E-state index contributed by atoms with van der Waals surface area (Å²) in [6.45, 7) is 1.75. The quantitative estimate of drug-likeness (QED) is 0.823. The molecule has 0 radical (unpaired) electrons. The molecule has 1 amide bonds. The first-order valence-corrected chi connectivity index (χ1v) is 9.27. The number of hydrogen-bond donors (Lipinski definition) is 0. The number of Topliss-reactive ketones (excluding diaryl/α,β-unsaturated/α-hetero) is 1. The molecule has 3 atom stereocenters. The summed E-state index contributed by atoms with van der Waals surface area (Å²) in [4.78, 5) is 28.2. The van der Waals surface area contributed by atoms with Crippen LogP contribution in [0.15, 0.2) is 64.4 Å². The summed E-state index contributed by atoms with van der Waals surface area (Å²) in [6, 6.07) is 17.5. The van der Waals surface area contributed by atoms with Crippen molar-refractivity contribution in [1.82, 2.24) is 4.90 Å². The van der Waals surface area contributed by atoms with E-state index in [0.717, 1.165) is 15.4 Å². The summed E-state index contributed by atoms with van der Waals surface area (Å²) in [7, 11) is 1.63. The predicted octanol–water partition coefficient (Wildman–Crippen LogP) is 3.82. The van der Waals surface area contributed by atoms with Gasteiger partial charge in [-0.25, -0.2) is 4.79 Å². The van der Waals surface area contributed by atoms with Crippen LogP contribution in [0.25, 0.3) is 0 Å². The molecule has 134 valence electrons. The number of rotatable bonds is 3. The molecule has 26 heavy (non-hydrogen) atoms. The number of hydrogen-bond acceptors (Lipinski definition) is 5. The Morgan fingerprint density at radius 3 is 2.38 bits per heavy atom. The highest BCUT2D eigenvalue weighted by atomic mass is 32.2. The molecule has 2 saturated heterocycles. The summed E-state index contributed by atoms with van der Waals surface area (Å²) in [5.41, 5.74) is -0.341. The summed E-state index contributed by atoms with van der Waals surface area (Å²) in [5.74, 6) is -0.0487. The van der Waals surface area contributed by atoms with E-state index >= 15 is 0 Å². The van der Waals surface area contributed by atoms with Crippen molar-refractivity contribution in [1.29, 1.82) is 0 Å². The second-order valence-electron chi connectivity index (χ2n) is 6.65. The number of carbonyl (C=O) groups excluding carboxylic acids is 2. The Hall–Kier alpha value is -2.31. The van der Waals surface area contributed by atoms with Gasteiger partial charge < -0.3 is 14.4 Å². The maximum atomic E-state index is 12.8. The molecule has 0 aromatic heterocycles. The van der Waals surface area contributed by atoms with E-state index in [0.29, 0.717) is 0 Å². The van der Waals surface area contributed by atoms with Crippen molar-refractivity contribution in [2.75, 3.05) is 7.05 Å². The van der Waals surface area contributed by atoms with Crippen molar-refractivity contribution >= 4 is 23.6 Å². The van der Waals surface area contributed by atoms with Crippen molar-refractivity contribution < 1.29 is 19.1 Å². The van der Waals surface area contributed by atoms with E-state index in [9.17, 15) is 9.59 Å². The SMILES string of the molecule is CN1C(=O)O[C@H]2O[C@@](C)(c3ccc(Sc4ccccc4)cc3)C(=O)C[C@H]21. The minimum atomic E-state index is -1.11. The van der Waals surface area contributed by atoms with Crippen LogP contribution in [0.3, 0.4) is 0 Å². The average molecular weight is 369 g/mol. The van der Waals surface area contributed by atoms with Gasteiger partial charge in [-0.3, -0.25) is 4.79 Å². The number of nitrogens with zero attached hydrogens (tertiary/aromatic N) is 1. The molecule has 2 aromatic rings. The van der Waals surface area contributed by atoms with Gasteiger partial charge in [0.25, 0.3) is 0 Å². The van der Waals surface area contributed by atoms with E-state index in [-0.39, 0.29) is 18.2 Å². The van der Waals surface area contributed by atoms with Gasteiger partial charge in [-0.2, -0.15) is 0 Å². The van der Waals surface area contributed by atoms with Crippen molar-refractivity contribution in [2.45, 2.75) is 41.1 Å². The smallest absolute Gasteiger partial charge is 0.412 e. The second kappa shape index (κ2) is 6.45. The number of likely N-dealkylation sites (N-methyl/N-ethyl adjacent to an activating group) is 1. The first kappa shape index (κ1) is 17.1. The first-order valence-electron chi connectivity index (χ1n) is 8.45. The lowest BCUT2D eigenvalue weighted by Gasteiger charge is -2.38. The fourth-order valence-electron chi connectivity index (χ4n) is 3.29. The topological polar surface area (TPSA) is 55.8 Å². The Kier molecular flexibility index (Phi) is 4.25. The molecule has 0 saturated carbocycles. The fourth-order valence-corrected chi connectivity index (χ4v) is 4.13. The summed E-state index contributed by atoms with van der Waals surface area (Å²) in [5, 5.41) is 0. The van der Waals surface area contributed by atoms with Crippen LogP contribution >= 0.6 is 11.8 Å². The normalized spacial score (nSPS) is 28.0. The lowest BCUT2D eigenvalue weighted by atomic mass is 9.85. The van der Waals surface area contributed by atoms with Gasteiger partial charge >= 0.3 is 6.09 Å². The highest BCUT2D eigenvalue weighted by molar-refractivity contribution is 7.99. The maximum absolute atomic E-state index is 12.8. The average Bonchev–Trinajstić information content (AvgIpc) is 2.90. The van der Waals surface area contributed by atoms with Gasteiger partial charge in [0, 0.05) is 23.3 Å². The zero-order valence-electron chi connectivity index (χ0n) is 14.5. The molecule has 2 aliphatic rings. The van der Waals surface area contributed by atoms with Gasteiger partial charge in [0.15, 0.2) is 11.4 Å². The molecule has 0 unspecified atom stereocenters. The maximum Gasteiger partial charge on any atom is 0.412 e. The van der Waals surface area contributed by atoms with Crippen molar-refractivity contribution in [3.05, 3.63) is 60.2 Å². The molecule has 0 aliphatic carbocycles. The number of carbonyl (C=O) groups is 2. The number of amides is 1. The van der Waals surface area contributed by atoms with E-state index in [1.165, 1.54) is 4.90 Å². The van der Waals surface area contributed by atoms with Gasteiger partial charge in [-0.05, 0) is 36.8 Å². The molecule has 2 fully saturated rings. The van der Waals surface area contributed by atoms with Crippen molar-refractivity contribution in [3.8, 4) is 0 Å². The number of benzene rings is 2. The zero-order valence-corrected chi connectivity index (χ0v) is 15.4. The molecule has 2 heterocycles. The number of ketones is 1. The Balaban J connectivity index is 1.55. The van der Waals surface area contributed by atoms with Gasteiger partial charge in [-0.15, -0.1) is 0 Å². The minimum absolute atomic E-state index is 0.0487. The highest BCUT2D eigenvalue weighted by Crippen LogP contribution is 2.40. The summed E-state index contributed by atoms with van der Waals surface area (Å²) < 4.78 is 11.2. The van der Waals surface area contributed by atoms with Crippen LogP contribution in [-0.4, -0.2) is 36.2 Å². The molecule has 6 heteroatoms. The molecular weight excluding hydrogens is 350 g/mol. The highest BCUT2D eigenvalue weighted by Gasteiger charge is 2.53. The molecule has 2 aromatic carbocycles. The van der Waals surface area contributed by atoms with Crippen molar-refractivity contribution in [3.63, 3.8) is 0 Å². The van der Waals surface area contributed by atoms with Gasteiger partial charge in [0.2, 0.25) is 6.29 Å². The van der Waals surface area contributed by atoms with E-state index in [1.807, 2.05) is 42.5 Å². The molecule has 4 rings (SSSR count). The third-order valence-corrected chi connectivity index (χ3v) is 5.99. The third-order valence-electron chi connectivity index (χ3n) is 4.98. The minimum Gasteiger partial charge on any atom is -0.417 e. The number of ether oxygens (including phenoxy) is 2. The van der Waals surface area contributed by atoms with E-state index in [2.05, 4.69) is 12.1 Å². The van der Waals surface area contributed by atoms with E-state index < -0.39 is 18.0 Å². The molecular formula is C20H19NO4S.